The quantitative estimate of drug-likeness (QED) is 0.654. The zero-order valence-electron chi connectivity index (χ0n) is 15.4. The number of imidazole rings is 1. The predicted octanol–water partition coefficient (Wildman–Crippen LogP) is 2.09. The van der Waals surface area contributed by atoms with E-state index in [0.29, 0.717) is 17.9 Å². The highest BCUT2D eigenvalue weighted by Gasteiger charge is 2.10. The second kappa shape index (κ2) is 7.40. The monoisotopic (exact) mass is 387 g/mol. The Hall–Kier alpha value is -2.87. The Bertz CT molecular complexity index is 1090. The molecule has 3 aromatic rings. The van der Waals surface area contributed by atoms with E-state index in [-0.39, 0.29) is 17.4 Å². The first-order valence-electron chi connectivity index (χ1n) is 8.40. The highest BCUT2D eigenvalue weighted by Crippen LogP contribution is 2.17. The van der Waals surface area contributed by atoms with E-state index in [1.807, 2.05) is 24.6 Å². The Kier molecular flexibility index (Phi) is 5.18. The summed E-state index contributed by atoms with van der Waals surface area (Å²) >= 11 is 0. The number of aromatic nitrogens is 2. The Morgan fingerprint density at radius 1 is 1.19 bits per heavy atom. The van der Waals surface area contributed by atoms with E-state index in [1.54, 1.807) is 24.3 Å². The molecule has 0 aliphatic heterocycles. The molecule has 0 aliphatic carbocycles. The van der Waals surface area contributed by atoms with Gasteiger partial charge in [0, 0.05) is 18.9 Å². The van der Waals surface area contributed by atoms with E-state index >= 15 is 0 Å². The van der Waals surface area contributed by atoms with Crippen LogP contribution in [0.25, 0.3) is 11.0 Å². The van der Waals surface area contributed by atoms with Crippen LogP contribution in [0.3, 0.4) is 0 Å². The van der Waals surface area contributed by atoms with Crippen LogP contribution in [0.4, 0.5) is 0 Å². The van der Waals surface area contributed by atoms with Gasteiger partial charge in [-0.25, -0.2) is 13.4 Å². The van der Waals surface area contributed by atoms with Crippen molar-refractivity contribution in [1.29, 1.82) is 0 Å². The first-order chi connectivity index (χ1) is 12.8. The fourth-order valence-corrected chi connectivity index (χ4v) is 3.31. The van der Waals surface area contributed by atoms with Crippen molar-refractivity contribution >= 4 is 26.8 Å². The summed E-state index contributed by atoms with van der Waals surface area (Å²) in [5, 5.41) is 2.80. The lowest BCUT2D eigenvalue weighted by Crippen LogP contribution is -2.28. The second-order valence-electron chi connectivity index (χ2n) is 6.27. The summed E-state index contributed by atoms with van der Waals surface area (Å²) in [6.45, 7) is 2.51. The minimum absolute atomic E-state index is 0.198. The number of amides is 1. The van der Waals surface area contributed by atoms with Gasteiger partial charge in [-0.2, -0.15) is 0 Å². The van der Waals surface area contributed by atoms with E-state index in [0.717, 1.165) is 23.1 Å². The van der Waals surface area contributed by atoms with E-state index in [1.165, 1.54) is 12.1 Å². The van der Waals surface area contributed by atoms with Crippen LogP contribution in [0.2, 0.25) is 0 Å². The molecular weight excluding hydrogens is 366 g/mol. The average Bonchev–Trinajstić information content (AvgIpc) is 2.92. The van der Waals surface area contributed by atoms with Gasteiger partial charge in [0.25, 0.3) is 5.91 Å². The van der Waals surface area contributed by atoms with Gasteiger partial charge in [-0.1, -0.05) is 0 Å². The van der Waals surface area contributed by atoms with Crippen LogP contribution in [0.5, 0.6) is 5.75 Å². The van der Waals surface area contributed by atoms with Crippen molar-refractivity contribution in [3.63, 3.8) is 0 Å². The normalized spacial score (nSPS) is 11.5. The lowest BCUT2D eigenvalue weighted by molar-refractivity contribution is 0.0947. The van der Waals surface area contributed by atoms with Crippen molar-refractivity contribution < 1.29 is 17.9 Å². The summed E-state index contributed by atoms with van der Waals surface area (Å²) in [6.07, 6.45) is 1.15. The number of hydrogen-bond acceptors (Lipinski definition) is 5. The summed E-state index contributed by atoms with van der Waals surface area (Å²) in [6, 6.07) is 11.6. The van der Waals surface area contributed by atoms with Crippen molar-refractivity contribution in [2.24, 2.45) is 7.05 Å². The van der Waals surface area contributed by atoms with E-state index in [2.05, 4.69) is 10.3 Å². The van der Waals surface area contributed by atoms with Gasteiger partial charge in [0.1, 0.15) is 18.2 Å². The molecule has 0 unspecified atom stereocenters. The lowest BCUT2D eigenvalue weighted by Gasteiger charge is -2.08. The van der Waals surface area contributed by atoms with Gasteiger partial charge in [0.05, 0.1) is 22.5 Å². The second-order valence-corrected chi connectivity index (χ2v) is 8.29. The first kappa shape index (κ1) is 18.9. The van der Waals surface area contributed by atoms with Gasteiger partial charge >= 0.3 is 0 Å². The van der Waals surface area contributed by atoms with E-state index < -0.39 is 9.84 Å². The van der Waals surface area contributed by atoms with E-state index in [4.69, 9.17) is 4.74 Å². The van der Waals surface area contributed by atoms with Crippen LogP contribution >= 0.6 is 0 Å². The van der Waals surface area contributed by atoms with Crippen molar-refractivity contribution in [3.05, 3.63) is 53.9 Å². The number of fused-ring (bicyclic) bond motifs is 1. The minimum atomic E-state index is -3.22. The number of carbonyl (C=O) groups is 1. The zero-order valence-corrected chi connectivity index (χ0v) is 16.2. The molecule has 0 saturated carbocycles. The maximum Gasteiger partial charge on any atom is 0.251 e. The first-order valence-corrected chi connectivity index (χ1v) is 10.3. The number of aryl methyl sites for hydroxylation is 2. The van der Waals surface area contributed by atoms with Gasteiger partial charge in [-0.3, -0.25) is 4.79 Å². The van der Waals surface area contributed by atoms with Gasteiger partial charge in [-0.15, -0.1) is 0 Å². The third kappa shape index (κ3) is 4.28. The predicted molar refractivity (Wildman–Crippen MR) is 103 cm³/mol. The van der Waals surface area contributed by atoms with Crippen LogP contribution in [-0.4, -0.2) is 43.3 Å². The summed E-state index contributed by atoms with van der Waals surface area (Å²) in [4.78, 5) is 16.9. The molecule has 0 aliphatic rings. The zero-order chi connectivity index (χ0) is 19.6. The molecule has 1 N–H and O–H groups in total. The highest BCUT2D eigenvalue weighted by molar-refractivity contribution is 7.90. The van der Waals surface area contributed by atoms with Crippen molar-refractivity contribution in [2.45, 2.75) is 11.8 Å². The molecule has 0 bridgehead atoms. The fourth-order valence-electron chi connectivity index (χ4n) is 2.68. The molecule has 2 aromatic carbocycles. The molecule has 0 atom stereocenters. The van der Waals surface area contributed by atoms with Gasteiger partial charge in [-0.05, 0) is 49.4 Å². The standard InChI is InChI=1S/C19H21N3O4S/c1-13-21-17-12-14(4-9-18(17)22(13)2)19(23)20-10-11-26-15-5-7-16(8-6-15)27(3,24)25/h4-9,12H,10-11H2,1-3H3,(H,20,23). The maximum absolute atomic E-state index is 12.3. The van der Waals surface area contributed by atoms with Crippen LogP contribution < -0.4 is 10.1 Å². The average molecular weight is 387 g/mol. The molecule has 1 aromatic heterocycles. The van der Waals surface area contributed by atoms with Crippen LogP contribution in [0, 0.1) is 6.92 Å². The molecule has 142 valence electrons. The molecule has 0 radical (unpaired) electrons. The SMILES string of the molecule is Cc1nc2cc(C(=O)NCCOc3ccc(S(C)(=O)=O)cc3)ccc2n1C. The Labute approximate surface area is 157 Å². The molecule has 1 amide bonds. The summed E-state index contributed by atoms with van der Waals surface area (Å²) in [5.74, 6) is 1.23. The summed E-state index contributed by atoms with van der Waals surface area (Å²) < 4.78 is 30.3. The maximum atomic E-state index is 12.3. The minimum Gasteiger partial charge on any atom is -0.492 e. The van der Waals surface area contributed by atoms with Gasteiger partial charge in [0.2, 0.25) is 0 Å². The molecule has 0 saturated heterocycles. The summed E-state index contributed by atoms with van der Waals surface area (Å²) in [5.41, 5.74) is 2.30. The molecular formula is C19H21N3O4S. The van der Waals surface area contributed by atoms with Crippen LogP contribution in [0.1, 0.15) is 16.2 Å². The van der Waals surface area contributed by atoms with Crippen molar-refractivity contribution in [1.82, 2.24) is 14.9 Å². The molecule has 0 fully saturated rings. The Morgan fingerprint density at radius 2 is 1.89 bits per heavy atom. The number of sulfone groups is 1. The van der Waals surface area contributed by atoms with Crippen molar-refractivity contribution in [2.75, 3.05) is 19.4 Å². The van der Waals surface area contributed by atoms with Crippen LogP contribution in [-0.2, 0) is 16.9 Å². The Balaban J connectivity index is 1.54. The number of rotatable bonds is 6. The lowest BCUT2D eigenvalue weighted by atomic mass is 10.2. The van der Waals surface area contributed by atoms with Crippen molar-refractivity contribution in [3.8, 4) is 5.75 Å². The smallest absolute Gasteiger partial charge is 0.251 e. The molecule has 3 rings (SSSR count). The third-order valence-electron chi connectivity index (χ3n) is 4.27. The fraction of sp³-hybridized carbons (Fsp3) is 0.263. The van der Waals surface area contributed by atoms with Gasteiger partial charge < -0.3 is 14.6 Å². The topological polar surface area (TPSA) is 90.3 Å². The number of hydrogen-bond donors (Lipinski definition) is 1. The summed E-state index contributed by atoms with van der Waals surface area (Å²) in [7, 11) is -1.29. The molecule has 27 heavy (non-hydrogen) atoms. The molecule has 7 nitrogen and oxygen atoms in total. The molecule has 0 spiro atoms. The van der Waals surface area contributed by atoms with Gasteiger partial charge in [0.15, 0.2) is 9.84 Å². The number of nitrogens with zero attached hydrogens (tertiary/aromatic N) is 2. The number of benzene rings is 2. The Morgan fingerprint density at radius 3 is 2.56 bits per heavy atom. The molecule has 8 heteroatoms. The highest BCUT2D eigenvalue weighted by atomic mass is 32.2. The van der Waals surface area contributed by atoms with Crippen LogP contribution in [0.15, 0.2) is 47.4 Å². The number of nitrogens with one attached hydrogen (secondary N) is 1. The molecule has 1 heterocycles. The van der Waals surface area contributed by atoms with E-state index in [9.17, 15) is 13.2 Å². The number of carbonyl (C=O) groups excluding carboxylic acids is 1. The number of ether oxygens (including phenoxy) is 1. The third-order valence-corrected chi connectivity index (χ3v) is 5.40. The largest absolute Gasteiger partial charge is 0.492 e.